The van der Waals surface area contributed by atoms with Crippen LogP contribution in [0.2, 0.25) is 10.0 Å². The van der Waals surface area contributed by atoms with Crippen molar-refractivity contribution in [3.05, 3.63) is 43.7 Å². The van der Waals surface area contributed by atoms with Gasteiger partial charge in [-0.15, -0.1) is 11.3 Å². The van der Waals surface area contributed by atoms with E-state index in [4.69, 9.17) is 28.9 Å². The van der Waals surface area contributed by atoms with Gasteiger partial charge in [0.15, 0.2) is 0 Å². The predicted octanol–water partition coefficient (Wildman–Crippen LogP) is 4.49. The number of carbonyl (C=O) groups is 1. The van der Waals surface area contributed by atoms with Crippen LogP contribution in [0.3, 0.4) is 0 Å². The number of halogens is 2. The highest BCUT2D eigenvalue weighted by Crippen LogP contribution is 2.40. The predicted molar refractivity (Wildman–Crippen MR) is 94.9 cm³/mol. The maximum absolute atomic E-state index is 11.8. The van der Waals surface area contributed by atoms with E-state index in [2.05, 4.69) is 4.99 Å². The Kier molecular flexibility index (Phi) is 4.62. The summed E-state index contributed by atoms with van der Waals surface area (Å²) in [4.78, 5) is 17.3. The summed E-state index contributed by atoms with van der Waals surface area (Å²) in [7, 11) is 0. The first kappa shape index (κ1) is 16.3. The molecule has 1 aromatic carbocycles. The van der Waals surface area contributed by atoms with Crippen molar-refractivity contribution < 1.29 is 9.90 Å². The lowest BCUT2D eigenvalue weighted by Gasteiger charge is -2.10. The number of fused-ring (bicyclic) bond motifs is 1. The molecule has 3 rings (SSSR count). The van der Waals surface area contributed by atoms with Crippen LogP contribution in [0.5, 0.6) is 5.75 Å². The molecule has 0 saturated heterocycles. The van der Waals surface area contributed by atoms with Crippen molar-refractivity contribution in [2.45, 2.75) is 25.7 Å². The van der Waals surface area contributed by atoms with Gasteiger partial charge in [-0.25, -0.2) is 4.99 Å². The van der Waals surface area contributed by atoms with Crippen LogP contribution in [0.4, 0.5) is 5.00 Å². The second kappa shape index (κ2) is 6.51. The molecule has 3 N–H and O–H groups in total. The molecule has 120 valence electrons. The normalized spacial score (nSPS) is 14.2. The fraction of sp³-hybridized carbons (Fsp3) is 0.250. The first-order valence-corrected chi connectivity index (χ1v) is 8.71. The lowest BCUT2D eigenvalue weighted by molar-refractivity contribution is 0.100. The van der Waals surface area contributed by atoms with Crippen molar-refractivity contribution in [2.75, 3.05) is 0 Å². The maximum Gasteiger partial charge on any atom is 0.252 e. The van der Waals surface area contributed by atoms with Gasteiger partial charge in [0, 0.05) is 21.7 Å². The average molecular weight is 369 g/mol. The van der Waals surface area contributed by atoms with Gasteiger partial charge in [-0.1, -0.05) is 23.2 Å². The molecule has 1 aliphatic rings. The summed E-state index contributed by atoms with van der Waals surface area (Å²) in [5, 5.41) is 11.1. The molecule has 0 saturated carbocycles. The number of aliphatic imine (C=N–C) groups is 1. The molecule has 0 spiro atoms. The van der Waals surface area contributed by atoms with Gasteiger partial charge in [-0.3, -0.25) is 4.79 Å². The minimum atomic E-state index is -0.468. The summed E-state index contributed by atoms with van der Waals surface area (Å²) in [5.74, 6) is -0.563. The Bertz CT molecular complexity index is 815. The molecule has 1 heterocycles. The summed E-state index contributed by atoms with van der Waals surface area (Å²) < 4.78 is 0. The number of phenolic OH excluding ortho intramolecular Hbond substituents is 1. The van der Waals surface area contributed by atoms with Crippen LogP contribution in [-0.4, -0.2) is 17.2 Å². The van der Waals surface area contributed by atoms with Gasteiger partial charge in [0.1, 0.15) is 10.8 Å². The highest BCUT2D eigenvalue weighted by molar-refractivity contribution is 7.16. The largest absolute Gasteiger partial charge is 0.506 e. The van der Waals surface area contributed by atoms with Crippen LogP contribution in [0.15, 0.2) is 17.1 Å². The molecule has 0 unspecified atom stereocenters. The number of nitrogens with two attached hydrogens (primary N) is 1. The van der Waals surface area contributed by atoms with Crippen LogP contribution in [0, 0.1) is 0 Å². The van der Waals surface area contributed by atoms with E-state index in [1.807, 2.05) is 0 Å². The third-order valence-electron chi connectivity index (χ3n) is 3.78. The first-order valence-electron chi connectivity index (χ1n) is 7.13. The van der Waals surface area contributed by atoms with Crippen molar-refractivity contribution in [1.29, 1.82) is 0 Å². The Morgan fingerprint density at radius 3 is 2.78 bits per heavy atom. The van der Waals surface area contributed by atoms with Crippen LogP contribution < -0.4 is 5.73 Å². The number of hydrogen-bond donors (Lipinski definition) is 2. The zero-order valence-corrected chi connectivity index (χ0v) is 14.4. The van der Waals surface area contributed by atoms with Gasteiger partial charge in [-0.2, -0.15) is 0 Å². The molecule has 1 aromatic heterocycles. The number of amides is 1. The van der Waals surface area contributed by atoms with Crippen LogP contribution in [0.1, 0.15) is 39.2 Å². The van der Waals surface area contributed by atoms with Gasteiger partial charge in [0.2, 0.25) is 0 Å². The highest BCUT2D eigenvalue weighted by atomic mass is 35.5. The molecule has 0 aliphatic heterocycles. The van der Waals surface area contributed by atoms with Gasteiger partial charge >= 0.3 is 0 Å². The summed E-state index contributed by atoms with van der Waals surface area (Å²) in [6.07, 6.45) is 5.42. The summed E-state index contributed by atoms with van der Waals surface area (Å²) >= 11 is 13.3. The molecule has 0 radical (unpaired) electrons. The topological polar surface area (TPSA) is 75.7 Å². The van der Waals surface area contributed by atoms with Gasteiger partial charge < -0.3 is 10.8 Å². The number of phenols is 1. The average Bonchev–Trinajstić information content (AvgIpc) is 2.87. The standard InChI is InChI=1S/C16H14Cl2N2O2S/c17-9-5-8(14(21)11(18)6-9)7-20-16-13(15(19)22)10-3-1-2-4-12(10)23-16/h5-7,21H,1-4H2,(H2,19,22)/b20-7+. The van der Waals surface area contributed by atoms with Crippen molar-refractivity contribution in [3.63, 3.8) is 0 Å². The van der Waals surface area contributed by atoms with Crippen molar-refractivity contribution in [3.8, 4) is 5.75 Å². The Labute approximate surface area is 147 Å². The third-order valence-corrected chi connectivity index (χ3v) is 5.48. The van der Waals surface area contributed by atoms with E-state index in [1.165, 1.54) is 28.5 Å². The number of hydrogen-bond acceptors (Lipinski definition) is 4. The zero-order valence-electron chi connectivity index (χ0n) is 12.1. The molecule has 7 heteroatoms. The quantitative estimate of drug-likeness (QED) is 0.783. The van der Waals surface area contributed by atoms with E-state index < -0.39 is 5.91 Å². The number of thiophene rings is 1. The second-order valence-corrected chi connectivity index (χ2v) is 7.27. The monoisotopic (exact) mass is 368 g/mol. The van der Waals surface area contributed by atoms with Crippen molar-refractivity contribution >= 4 is 51.7 Å². The molecule has 1 aliphatic carbocycles. The number of aromatic hydroxyl groups is 1. The molecular weight excluding hydrogens is 355 g/mol. The zero-order chi connectivity index (χ0) is 16.6. The van der Waals surface area contributed by atoms with E-state index in [0.29, 0.717) is 21.2 Å². The van der Waals surface area contributed by atoms with Crippen LogP contribution in [-0.2, 0) is 12.8 Å². The molecule has 2 aromatic rings. The molecule has 0 atom stereocenters. The number of primary amides is 1. The van der Waals surface area contributed by atoms with Gasteiger partial charge in [-0.05, 0) is 43.4 Å². The van der Waals surface area contributed by atoms with E-state index in [-0.39, 0.29) is 10.8 Å². The molecular formula is C16H14Cl2N2O2S. The summed E-state index contributed by atoms with van der Waals surface area (Å²) in [6.45, 7) is 0. The van der Waals surface area contributed by atoms with E-state index in [0.717, 1.165) is 31.2 Å². The lowest BCUT2D eigenvalue weighted by Crippen LogP contribution is -2.14. The molecule has 23 heavy (non-hydrogen) atoms. The third kappa shape index (κ3) is 3.22. The van der Waals surface area contributed by atoms with Gasteiger partial charge in [0.05, 0.1) is 10.6 Å². The Hall–Kier alpha value is -1.56. The van der Waals surface area contributed by atoms with E-state index in [1.54, 1.807) is 6.07 Å². The Balaban J connectivity index is 2.03. The smallest absolute Gasteiger partial charge is 0.252 e. The highest BCUT2D eigenvalue weighted by Gasteiger charge is 2.23. The fourth-order valence-corrected chi connectivity index (χ4v) is 4.46. The Morgan fingerprint density at radius 1 is 1.30 bits per heavy atom. The van der Waals surface area contributed by atoms with Gasteiger partial charge in [0.25, 0.3) is 5.91 Å². The number of aryl methyl sites for hydroxylation is 1. The van der Waals surface area contributed by atoms with Crippen molar-refractivity contribution in [2.24, 2.45) is 10.7 Å². The number of benzene rings is 1. The molecule has 0 fully saturated rings. The van der Waals surface area contributed by atoms with Crippen molar-refractivity contribution in [1.82, 2.24) is 0 Å². The van der Waals surface area contributed by atoms with Crippen LogP contribution >= 0.6 is 34.5 Å². The molecule has 4 nitrogen and oxygen atoms in total. The minimum Gasteiger partial charge on any atom is -0.506 e. The first-order chi connectivity index (χ1) is 11.0. The second-order valence-electron chi connectivity index (χ2n) is 5.34. The molecule has 1 amide bonds. The SMILES string of the molecule is NC(=O)c1c(/N=C/c2cc(Cl)cc(Cl)c2O)sc2c1CCCC2. The number of rotatable bonds is 3. The van der Waals surface area contributed by atoms with E-state index in [9.17, 15) is 9.90 Å². The summed E-state index contributed by atoms with van der Waals surface area (Å²) in [6, 6.07) is 3.01. The summed E-state index contributed by atoms with van der Waals surface area (Å²) in [5.41, 5.74) is 7.44. The van der Waals surface area contributed by atoms with Crippen LogP contribution in [0.25, 0.3) is 0 Å². The lowest BCUT2D eigenvalue weighted by atomic mass is 9.95. The minimum absolute atomic E-state index is 0.0956. The van der Waals surface area contributed by atoms with E-state index >= 15 is 0 Å². The Morgan fingerprint density at radius 2 is 2.04 bits per heavy atom. The number of carbonyl (C=O) groups excluding carboxylic acids is 1. The fourth-order valence-electron chi connectivity index (χ4n) is 2.71. The number of nitrogens with zero attached hydrogens (tertiary/aromatic N) is 1. The molecule has 0 bridgehead atoms. The maximum atomic E-state index is 11.8.